The summed E-state index contributed by atoms with van der Waals surface area (Å²) in [5.74, 6) is 0.557. The fraction of sp³-hybridized carbons (Fsp3) is 0.733. The molecule has 0 unspecified atom stereocenters. The molecule has 2 saturated carbocycles. The number of carbonyl (C=O) groups is 1. The van der Waals surface area contributed by atoms with Crippen LogP contribution in [0.2, 0.25) is 0 Å². The minimum Gasteiger partial charge on any atom is -0.473 e. The van der Waals surface area contributed by atoms with Gasteiger partial charge < -0.3 is 10.5 Å². The molecule has 0 radical (unpaired) electrons. The second-order valence-corrected chi connectivity index (χ2v) is 7.65. The molecule has 1 atom stereocenters. The van der Waals surface area contributed by atoms with E-state index in [1.54, 1.807) is 0 Å². The first-order chi connectivity index (χ1) is 9.47. The highest BCUT2D eigenvalue weighted by Gasteiger charge is 2.35. The van der Waals surface area contributed by atoms with Gasteiger partial charge in [0, 0.05) is 5.92 Å². The van der Waals surface area contributed by atoms with Crippen molar-refractivity contribution >= 4 is 17.2 Å². The Morgan fingerprint density at radius 2 is 2.25 bits per heavy atom. The van der Waals surface area contributed by atoms with Crippen LogP contribution in [-0.2, 0) is 0 Å². The van der Waals surface area contributed by atoms with Gasteiger partial charge in [-0.2, -0.15) is 0 Å². The van der Waals surface area contributed by atoms with Gasteiger partial charge in [0.05, 0.1) is 6.10 Å². The molecule has 3 rings (SSSR count). The third kappa shape index (κ3) is 2.82. The second kappa shape index (κ2) is 5.02. The number of rotatable bonds is 6. The Labute approximate surface area is 123 Å². The molecule has 2 aliphatic carbocycles. The van der Waals surface area contributed by atoms with E-state index in [1.807, 2.05) is 0 Å². The van der Waals surface area contributed by atoms with Crippen LogP contribution in [0, 0.1) is 5.41 Å². The van der Waals surface area contributed by atoms with Crippen LogP contribution in [0.1, 0.15) is 73.0 Å². The van der Waals surface area contributed by atoms with Crippen molar-refractivity contribution in [1.82, 2.24) is 4.98 Å². The van der Waals surface area contributed by atoms with E-state index in [-0.39, 0.29) is 6.10 Å². The molecule has 4 nitrogen and oxygen atoms in total. The van der Waals surface area contributed by atoms with Crippen LogP contribution in [0.4, 0.5) is 0 Å². The lowest BCUT2D eigenvalue weighted by Crippen LogP contribution is -2.31. The van der Waals surface area contributed by atoms with E-state index in [4.69, 9.17) is 10.5 Å². The molecule has 2 aliphatic rings. The van der Waals surface area contributed by atoms with Gasteiger partial charge in [0.25, 0.3) is 5.91 Å². The molecule has 2 fully saturated rings. The normalized spacial score (nSPS) is 22.1. The van der Waals surface area contributed by atoms with Crippen LogP contribution in [0.25, 0.3) is 0 Å². The first kappa shape index (κ1) is 13.9. The number of nitrogens with two attached hydrogens (primary N) is 1. The lowest BCUT2D eigenvalue weighted by atomic mass is 9.67. The monoisotopic (exact) mass is 294 g/mol. The summed E-state index contributed by atoms with van der Waals surface area (Å²) in [7, 11) is 0. The molecule has 1 heterocycles. The molecule has 1 aromatic heterocycles. The molecular weight excluding hydrogens is 272 g/mol. The van der Waals surface area contributed by atoms with Crippen molar-refractivity contribution in [2.75, 3.05) is 0 Å². The Hall–Kier alpha value is -1.10. The molecular formula is C15H22N2O2S. The van der Waals surface area contributed by atoms with Gasteiger partial charge in [-0.25, -0.2) is 4.98 Å². The fourth-order valence-corrected chi connectivity index (χ4v) is 3.99. The predicted octanol–water partition coefficient (Wildman–Crippen LogP) is 3.47. The summed E-state index contributed by atoms with van der Waals surface area (Å²) >= 11 is 1.41. The van der Waals surface area contributed by atoms with Gasteiger partial charge in [-0.3, -0.25) is 4.79 Å². The molecule has 0 bridgehead atoms. The van der Waals surface area contributed by atoms with Crippen molar-refractivity contribution in [3.05, 3.63) is 9.88 Å². The van der Waals surface area contributed by atoms with Gasteiger partial charge in [-0.05, 0) is 44.4 Å². The Kier molecular flexibility index (Phi) is 3.48. The first-order valence-corrected chi connectivity index (χ1v) is 8.26. The standard InChI is InChI=1S/C15H22N2O2S/c1-9(8-15(2)6-3-7-15)19-13-11(12(16)18)20-14(17-13)10-4-5-10/h9-10H,3-8H2,1-2H3,(H2,16,18)/t9-/m0/s1. The fourth-order valence-electron chi connectivity index (χ4n) is 2.97. The third-order valence-electron chi connectivity index (χ3n) is 4.42. The highest BCUT2D eigenvalue weighted by Crippen LogP contribution is 2.46. The van der Waals surface area contributed by atoms with Crippen LogP contribution in [0.3, 0.4) is 0 Å². The minimum atomic E-state index is -0.425. The quantitative estimate of drug-likeness (QED) is 0.873. The maximum atomic E-state index is 11.5. The summed E-state index contributed by atoms with van der Waals surface area (Å²) in [6.45, 7) is 4.37. The number of thiazole rings is 1. The number of aromatic nitrogens is 1. The van der Waals surface area contributed by atoms with Crippen molar-refractivity contribution < 1.29 is 9.53 Å². The lowest BCUT2D eigenvalue weighted by molar-refractivity contribution is 0.0740. The Morgan fingerprint density at radius 3 is 2.75 bits per heavy atom. The molecule has 0 spiro atoms. The molecule has 0 aromatic carbocycles. The van der Waals surface area contributed by atoms with Crippen molar-refractivity contribution in [2.45, 2.75) is 64.4 Å². The van der Waals surface area contributed by atoms with E-state index in [0.717, 1.165) is 11.4 Å². The van der Waals surface area contributed by atoms with Crippen molar-refractivity contribution in [2.24, 2.45) is 11.1 Å². The summed E-state index contributed by atoms with van der Waals surface area (Å²) in [6.07, 6.45) is 7.28. The number of amides is 1. The first-order valence-electron chi connectivity index (χ1n) is 7.44. The van der Waals surface area contributed by atoms with Crippen LogP contribution in [0.15, 0.2) is 0 Å². The van der Waals surface area contributed by atoms with Gasteiger partial charge in [-0.15, -0.1) is 11.3 Å². The van der Waals surface area contributed by atoms with Crippen LogP contribution >= 0.6 is 11.3 Å². The Balaban J connectivity index is 1.70. The lowest BCUT2D eigenvalue weighted by Gasteiger charge is -2.40. The van der Waals surface area contributed by atoms with Crippen molar-refractivity contribution in [1.29, 1.82) is 0 Å². The number of hydrogen-bond donors (Lipinski definition) is 1. The van der Waals surface area contributed by atoms with Crippen molar-refractivity contribution in [3.63, 3.8) is 0 Å². The smallest absolute Gasteiger partial charge is 0.264 e. The highest BCUT2D eigenvalue weighted by atomic mass is 32.1. The van der Waals surface area contributed by atoms with E-state index in [9.17, 15) is 4.79 Å². The van der Waals surface area contributed by atoms with Crippen LogP contribution in [0.5, 0.6) is 5.88 Å². The molecule has 20 heavy (non-hydrogen) atoms. The number of primary amides is 1. The third-order valence-corrected chi connectivity index (χ3v) is 5.63. The maximum Gasteiger partial charge on any atom is 0.264 e. The van der Waals surface area contributed by atoms with E-state index in [1.165, 1.54) is 43.4 Å². The minimum absolute atomic E-state index is 0.0764. The zero-order chi connectivity index (χ0) is 14.3. The van der Waals surface area contributed by atoms with Gasteiger partial charge >= 0.3 is 0 Å². The van der Waals surface area contributed by atoms with Crippen LogP contribution in [-0.4, -0.2) is 17.0 Å². The molecule has 0 aliphatic heterocycles. The maximum absolute atomic E-state index is 11.5. The summed E-state index contributed by atoms with van der Waals surface area (Å²) in [5, 5.41) is 1.01. The number of nitrogens with zero attached hydrogens (tertiary/aromatic N) is 1. The Morgan fingerprint density at radius 1 is 1.55 bits per heavy atom. The summed E-state index contributed by atoms with van der Waals surface area (Å²) in [5.41, 5.74) is 5.84. The number of ether oxygens (including phenoxy) is 1. The predicted molar refractivity (Wildman–Crippen MR) is 79.3 cm³/mol. The van der Waals surface area contributed by atoms with Crippen LogP contribution < -0.4 is 10.5 Å². The average Bonchev–Trinajstić information content (AvgIpc) is 3.09. The van der Waals surface area contributed by atoms with E-state index in [0.29, 0.717) is 22.1 Å². The molecule has 1 aromatic rings. The molecule has 0 saturated heterocycles. The average molecular weight is 294 g/mol. The zero-order valence-electron chi connectivity index (χ0n) is 12.1. The van der Waals surface area contributed by atoms with E-state index >= 15 is 0 Å². The number of carbonyl (C=O) groups excluding carboxylic acids is 1. The second-order valence-electron chi connectivity index (χ2n) is 6.62. The van der Waals surface area contributed by atoms with E-state index in [2.05, 4.69) is 18.8 Å². The van der Waals surface area contributed by atoms with Gasteiger partial charge in [0.2, 0.25) is 5.88 Å². The highest BCUT2D eigenvalue weighted by molar-refractivity contribution is 7.14. The molecule has 110 valence electrons. The summed E-state index contributed by atoms with van der Waals surface area (Å²) in [6, 6.07) is 0. The topological polar surface area (TPSA) is 65.2 Å². The molecule has 5 heteroatoms. The largest absolute Gasteiger partial charge is 0.473 e. The Bertz CT molecular complexity index is 518. The van der Waals surface area contributed by atoms with Gasteiger partial charge in [0.15, 0.2) is 4.88 Å². The molecule has 1 amide bonds. The van der Waals surface area contributed by atoms with Gasteiger partial charge in [0.1, 0.15) is 5.01 Å². The number of hydrogen-bond acceptors (Lipinski definition) is 4. The van der Waals surface area contributed by atoms with E-state index < -0.39 is 5.91 Å². The van der Waals surface area contributed by atoms with Crippen molar-refractivity contribution in [3.8, 4) is 5.88 Å². The van der Waals surface area contributed by atoms with Gasteiger partial charge in [-0.1, -0.05) is 13.3 Å². The SMILES string of the molecule is C[C@@H](CC1(C)CCC1)Oc1nc(C2CC2)sc1C(N)=O. The zero-order valence-corrected chi connectivity index (χ0v) is 13.0. The molecule has 2 N–H and O–H groups in total. The summed E-state index contributed by atoms with van der Waals surface area (Å²) in [4.78, 5) is 16.5. The summed E-state index contributed by atoms with van der Waals surface area (Å²) < 4.78 is 5.94.